The first kappa shape index (κ1) is 18.9. The Morgan fingerprint density at radius 1 is 1.22 bits per heavy atom. The Bertz CT molecular complexity index is 1040. The van der Waals surface area contributed by atoms with Gasteiger partial charge >= 0.3 is 11.7 Å². The third-order valence-electron chi connectivity index (χ3n) is 4.63. The fourth-order valence-corrected chi connectivity index (χ4v) is 3.16. The molecule has 1 aromatic carbocycles. The number of benzene rings is 1. The van der Waals surface area contributed by atoms with Crippen molar-refractivity contribution >= 4 is 17.0 Å². The number of esters is 1. The summed E-state index contributed by atoms with van der Waals surface area (Å²) in [4.78, 5) is 29.5. The highest BCUT2D eigenvalue weighted by Gasteiger charge is 2.18. The van der Waals surface area contributed by atoms with Crippen molar-refractivity contribution in [3.05, 3.63) is 45.9 Å². The first-order valence-corrected chi connectivity index (χ1v) is 8.99. The number of carbonyl (C=O) groups excluding carboxylic acids is 1. The highest BCUT2D eigenvalue weighted by Crippen LogP contribution is 2.18. The summed E-state index contributed by atoms with van der Waals surface area (Å²) in [5.41, 5.74) is 1.78. The normalized spacial score (nSPS) is 11.5. The third-order valence-corrected chi connectivity index (χ3v) is 4.63. The minimum Gasteiger partial charge on any atom is -0.465 e. The maximum atomic E-state index is 13.1. The van der Waals surface area contributed by atoms with Gasteiger partial charge in [0, 0.05) is 13.6 Å². The molecule has 144 valence electrons. The summed E-state index contributed by atoms with van der Waals surface area (Å²) in [5.74, 6) is 1.38. The summed E-state index contributed by atoms with van der Waals surface area (Å²) in [5, 5.41) is 4.25. The van der Waals surface area contributed by atoms with E-state index in [9.17, 15) is 9.59 Å². The molecule has 0 saturated carbocycles. The Labute approximate surface area is 157 Å². The smallest absolute Gasteiger partial charge is 0.337 e. The number of aryl methyl sites for hydroxylation is 3. The van der Waals surface area contributed by atoms with E-state index in [0.717, 1.165) is 11.9 Å². The van der Waals surface area contributed by atoms with Crippen LogP contribution in [0.3, 0.4) is 0 Å². The Morgan fingerprint density at radius 3 is 2.56 bits per heavy atom. The maximum absolute atomic E-state index is 13.1. The van der Waals surface area contributed by atoms with E-state index >= 15 is 0 Å². The predicted octanol–water partition coefficient (Wildman–Crippen LogP) is 2.12. The molecule has 8 heteroatoms. The van der Waals surface area contributed by atoms with Gasteiger partial charge in [0.15, 0.2) is 0 Å². The summed E-state index contributed by atoms with van der Waals surface area (Å²) in [6, 6.07) is 5.20. The lowest BCUT2D eigenvalue weighted by molar-refractivity contribution is 0.0601. The number of imidazole rings is 1. The van der Waals surface area contributed by atoms with Crippen molar-refractivity contribution in [1.82, 2.24) is 23.9 Å². The molecule has 27 heavy (non-hydrogen) atoms. The first-order chi connectivity index (χ1) is 12.8. The Morgan fingerprint density at radius 2 is 1.96 bits per heavy atom. The molecule has 0 aliphatic heterocycles. The molecule has 0 spiro atoms. The van der Waals surface area contributed by atoms with Crippen molar-refractivity contribution in [2.24, 2.45) is 13.0 Å². The predicted molar refractivity (Wildman–Crippen MR) is 102 cm³/mol. The van der Waals surface area contributed by atoms with Crippen LogP contribution in [0, 0.1) is 12.8 Å². The molecular weight excluding hydrogens is 346 g/mol. The van der Waals surface area contributed by atoms with Crippen LogP contribution in [0.1, 0.15) is 42.3 Å². The van der Waals surface area contributed by atoms with Gasteiger partial charge in [0.25, 0.3) is 0 Å². The fourth-order valence-electron chi connectivity index (χ4n) is 3.16. The Hall–Kier alpha value is -2.90. The largest absolute Gasteiger partial charge is 0.465 e. The SMILES string of the molecule is COC(=O)c1ccc2c(c1)n(Cc1nc(C)nn1C)c(=O)n2CCC(C)C. The van der Waals surface area contributed by atoms with Crippen LogP contribution in [-0.4, -0.2) is 37.0 Å². The molecule has 3 rings (SSSR count). The second-order valence-corrected chi connectivity index (χ2v) is 7.10. The van der Waals surface area contributed by atoms with Crippen molar-refractivity contribution < 1.29 is 9.53 Å². The third kappa shape index (κ3) is 3.65. The van der Waals surface area contributed by atoms with E-state index < -0.39 is 5.97 Å². The molecule has 3 aromatic rings. The highest BCUT2D eigenvalue weighted by molar-refractivity contribution is 5.93. The first-order valence-electron chi connectivity index (χ1n) is 8.99. The molecule has 0 bridgehead atoms. The fraction of sp³-hybridized carbons (Fsp3) is 0.474. The molecular formula is C19H25N5O3. The van der Waals surface area contributed by atoms with E-state index in [1.54, 1.807) is 33.0 Å². The van der Waals surface area contributed by atoms with Crippen LogP contribution >= 0.6 is 0 Å². The molecule has 2 heterocycles. The zero-order valence-corrected chi connectivity index (χ0v) is 16.4. The minimum atomic E-state index is -0.430. The van der Waals surface area contributed by atoms with Crippen molar-refractivity contribution in [2.45, 2.75) is 40.3 Å². The average Bonchev–Trinajstić information content (AvgIpc) is 3.08. The number of aromatic nitrogens is 5. The summed E-state index contributed by atoms with van der Waals surface area (Å²) < 4.78 is 9.90. The van der Waals surface area contributed by atoms with E-state index in [4.69, 9.17) is 4.74 Å². The standard InChI is InChI=1S/C19H25N5O3/c1-12(2)8-9-23-15-7-6-14(18(25)27-5)10-16(15)24(19(23)26)11-17-20-13(3)21-22(17)4/h6-7,10,12H,8-9,11H2,1-5H3. The van der Waals surface area contributed by atoms with E-state index in [1.807, 2.05) is 13.0 Å². The van der Waals surface area contributed by atoms with Crippen molar-refractivity contribution in [2.75, 3.05) is 7.11 Å². The summed E-state index contributed by atoms with van der Waals surface area (Å²) in [6.45, 7) is 6.97. The van der Waals surface area contributed by atoms with Crippen LogP contribution in [0.25, 0.3) is 11.0 Å². The molecule has 0 fully saturated rings. The number of carbonyl (C=O) groups is 1. The summed E-state index contributed by atoms with van der Waals surface area (Å²) in [6.07, 6.45) is 0.890. The van der Waals surface area contributed by atoms with Crippen molar-refractivity contribution in [3.63, 3.8) is 0 Å². The number of methoxy groups -OCH3 is 1. The van der Waals surface area contributed by atoms with Crippen LogP contribution in [0.5, 0.6) is 0 Å². The van der Waals surface area contributed by atoms with E-state index in [1.165, 1.54) is 7.11 Å². The van der Waals surface area contributed by atoms with Gasteiger partial charge in [-0.25, -0.2) is 14.6 Å². The van der Waals surface area contributed by atoms with Gasteiger partial charge in [-0.1, -0.05) is 13.8 Å². The molecule has 0 N–H and O–H groups in total. The average molecular weight is 371 g/mol. The molecule has 8 nitrogen and oxygen atoms in total. The number of ether oxygens (including phenoxy) is 1. The van der Waals surface area contributed by atoms with Gasteiger partial charge in [0.1, 0.15) is 11.6 Å². The van der Waals surface area contributed by atoms with Gasteiger partial charge < -0.3 is 4.74 Å². The molecule has 0 aliphatic carbocycles. The number of fused-ring (bicyclic) bond motifs is 1. The monoisotopic (exact) mass is 371 g/mol. The van der Waals surface area contributed by atoms with Crippen LogP contribution in [-0.2, 0) is 24.9 Å². The number of hydrogen-bond acceptors (Lipinski definition) is 5. The maximum Gasteiger partial charge on any atom is 0.337 e. The van der Waals surface area contributed by atoms with Crippen LogP contribution < -0.4 is 5.69 Å². The van der Waals surface area contributed by atoms with Gasteiger partial charge in [0.05, 0.1) is 30.3 Å². The van der Waals surface area contributed by atoms with Gasteiger partial charge in [0.2, 0.25) is 0 Å². The Kier molecular flexibility index (Phi) is 5.16. The second kappa shape index (κ2) is 7.38. The van der Waals surface area contributed by atoms with Crippen LogP contribution in [0.15, 0.2) is 23.0 Å². The number of rotatable bonds is 6. The molecule has 0 radical (unpaired) electrons. The quantitative estimate of drug-likeness (QED) is 0.620. The molecule has 2 aromatic heterocycles. The summed E-state index contributed by atoms with van der Waals surface area (Å²) >= 11 is 0. The van der Waals surface area contributed by atoms with Gasteiger partial charge in [-0.2, -0.15) is 5.10 Å². The van der Waals surface area contributed by atoms with Gasteiger partial charge in [-0.3, -0.25) is 13.8 Å². The van der Waals surface area contributed by atoms with Crippen LogP contribution in [0.2, 0.25) is 0 Å². The lowest BCUT2D eigenvalue weighted by atomic mass is 10.1. The molecule has 0 amide bonds. The van der Waals surface area contributed by atoms with Crippen LogP contribution in [0.4, 0.5) is 0 Å². The zero-order valence-electron chi connectivity index (χ0n) is 16.4. The van der Waals surface area contributed by atoms with Gasteiger partial charge in [-0.15, -0.1) is 0 Å². The second-order valence-electron chi connectivity index (χ2n) is 7.10. The lowest BCUT2D eigenvalue weighted by Crippen LogP contribution is -2.26. The molecule has 0 saturated heterocycles. The van der Waals surface area contributed by atoms with E-state index in [2.05, 4.69) is 23.9 Å². The van der Waals surface area contributed by atoms with Gasteiger partial charge in [-0.05, 0) is 37.5 Å². The van der Waals surface area contributed by atoms with Crippen molar-refractivity contribution in [1.29, 1.82) is 0 Å². The summed E-state index contributed by atoms with van der Waals surface area (Å²) in [7, 11) is 3.15. The molecule has 0 atom stereocenters. The lowest BCUT2D eigenvalue weighted by Gasteiger charge is -2.06. The highest BCUT2D eigenvalue weighted by atomic mass is 16.5. The number of nitrogens with zero attached hydrogens (tertiary/aromatic N) is 5. The van der Waals surface area contributed by atoms with E-state index in [-0.39, 0.29) is 12.2 Å². The van der Waals surface area contributed by atoms with Crippen molar-refractivity contribution in [3.8, 4) is 0 Å². The number of hydrogen-bond donors (Lipinski definition) is 0. The molecule has 0 unspecified atom stereocenters. The zero-order chi connectivity index (χ0) is 19.7. The topological polar surface area (TPSA) is 83.9 Å². The molecule has 0 aliphatic rings. The Balaban J connectivity index is 2.16. The van der Waals surface area contributed by atoms with E-state index in [0.29, 0.717) is 35.2 Å². The minimum absolute atomic E-state index is 0.117.